The van der Waals surface area contributed by atoms with Gasteiger partial charge < -0.3 is 19.5 Å². The second-order valence-corrected chi connectivity index (χ2v) is 4.58. The molecule has 7 heteroatoms. The summed E-state index contributed by atoms with van der Waals surface area (Å²) in [4.78, 5) is 16.1. The van der Waals surface area contributed by atoms with Gasteiger partial charge in [0.15, 0.2) is 16.7 Å². The van der Waals surface area contributed by atoms with E-state index in [-0.39, 0.29) is 11.3 Å². The summed E-state index contributed by atoms with van der Waals surface area (Å²) in [6, 6.07) is 1.69. The van der Waals surface area contributed by atoms with Crippen LogP contribution in [-0.2, 0) is 0 Å². The van der Waals surface area contributed by atoms with Crippen LogP contribution in [0.15, 0.2) is 12.3 Å². The van der Waals surface area contributed by atoms with Crippen LogP contribution >= 0.6 is 11.6 Å². The first kappa shape index (κ1) is 13.7. The monoisotopic (exact) mass is 286 g/mol. The Morgan fingerprint density at radius 2 is 2.21 bits per heavy atom. The number of carboxylic acid groups (broad SMARTS) is 1. The van der Waals surface area contributed by atoms with Gasteiger partial charge in [0.25, 0.3) is 0 Å². The number of nitrogens with zero attached hydrogens (tertiary/aromatic N) is 2. The lowest BCUT2D eigenvalue weighted by Crippen LogP contribution is -2.41. The van der Waals surface area contributed by atoms with Crippen LogP contribution in [0.25, 0.3) is 0 Å². The first-order valence-corrected chi connectivity index (χ1v) is 6.32. The van der Waals surface area contributed by atoms with Crippen molar-refractivity contribution in [3.05, 3.63) is 17.4 Å². The van der Waals surface area contributed by atoms with Gasteiger partial charge >= 0.3 is 6.09 Å². The summed E-state index contributed by atoms with van der Waals surface area (Å²) in [6.45, 7) is 0.947. The number of likely N-dealkylation sites (tertiary alicyclic amines) is 1. The molecule has 0 bridgehead atoms. The van der Waals surface area contributed by atoms with Gasteiger partial charge in [-0.2, -0.15) is 0 Å². The largest absolute Gasteiger partial charge is 0.490 e. The highest BCUT2D eigenvalue weighted by molar-refractivity contribution is 6.31. The molecule has 1 N–H and O–H groups in total. The van der Waals surface area contributed by atoms with Crippen molar-refractivity contribution >= 4 is 17.7 Å². The van der Waals surface area contributed by atoms with Gasteiger partial charge in [-0.25, -0.2) is 9.78 Å². The quantitative estimate of drug-likeness (QED) is 0.863. The van der Waals surface area contributed by atoms with Gasteiger partial charge in [0.2, 0.25) is 0 Å². The minimum absolute atomic E-state index is 0.0389. The van der Waals surface area contributed by atoms with Crippen LogP contribution in [0.5, 0.6) is 11.5 Å². The van der Waals surface area contributed by atoms with Gasteiger partial charge in [-0.3, -0.25) is 0 Å². The Morgan fingerprint density at radius 1 is 1.53 bits per heavy atom. The van der Waals surface area contributed by atoms with Crippen molar-refractivity contribution in [2.45, 2.75) is 18.9 Å². The molecule has 0 atom stereocenters. The second kappa shape index (κ2) is 5.97. The summed E-state index contributed by atoms with van der Waals surface area (Å²) in [5, 5.41) is 9.12. The Morgan fingerprint density at radius 3 is 2.79 bits per heavy atom. The number of amides is 1. The fourth-order valence-corrected chi connectivity index (χ4v) is 2.26. The number of carbonyl (C=O) groups is 1. The van der Waals surface area contributed by atoms with E-state index in [2.05, 4.69) is 4.98 Å². The van der Waals surface area contributed by atoms with Gasteiger partial charge in [0.1, 0.15) is 6.10 Å². The molecule has 1 amide bonds. The van der Waals surface area contributed by atoms with E-state index in [1.807, 2.05) is 0 Å². The van der Waals surface area contributed by atoms with E-state index < -0.39 is 6.09 Å². The Bertz CT molecular complexity index is 461. The number of ether oxygens (including phenoxy) is 2. The van der Waals surface area contributed by atoms with Gasteiger partial charge in [-0.15, -0.1) is 0 Å². The lowest BCUT2D eigenvalue weighted by molar-refractivity contribution is 0.0877. The Balaban J connectivity index is 1.99. The number of aromatic nitrogens is 1. The fraction of sp³-hybridized carbons (Fsp3) is 0.500. The lowest BCUT2D eigenvalue weighted by Gasteiger charge is -2.30. The maximum atomic E-state index is 10.8. The fourth-order valence-electron chi connectivity index (χ4n) is 2.03. The van der Waals surface area contributed by atoms with E-state index in [0.717, 1.165) is 0 Å². The van der Waals surface area contributed by atoms with Crippen molar-refractivity contribution < 1.29 is 19.4 Å². The van der Waals surface area contributed by atoms with Crippen molar-refractivity contribution in [1.29, 1.82) is 0 Å². The van der Waals surface area contributed by atoms with Crippen LogP contribution in [0.2, 0.25) is 5.15 Å². The zero-order valence-corrected chi connectivity index (χ0v) is 11.3. The van der Waals surface area contributed by atoms with E-state index in [1.165, 1.54) is 12.0 Å². The third-order valence-electron chi connectivity index (χ3n) is 3.04. The molecule has 2 heterocycles. The smallest absolute Gasteiger partial charge is 0.407 e. The van der Waals surface area contributed by atoms with E-state index in [9.17, 15) is 4.79 Å². The topological polar surface area (TPSA) is 71.9 Å². The molecule has 1 aromatic rings. The van der Waals surface area contributed by atoms with Crippen LogP contribution < -0.4 is 9.47 Å². The molecule has 0 spiro atoms. The van der Waals surface area contributed by atoms with Crippen LogP contribution in [0.3, 0.4) is 0 Å². The molecule has 0 saturated carbocycles. The molecular formula is C12H15ClN2O4. The molecule has 0 aliphatic carbocycles. The molecule has 6 nitrogen and oxygen atoms in total. The predicted octanol–water partition coefficient (Wildman–Crippen LogP) is 2.26. The lowest BCUT2D eigenvalue weighted by atomic mass is 10.1. The molecule has 1 aliphatic rings. The highest BCUT2D eigenvalue weighted by atomic mass is 35.5. The maximum absolute atomic E-state index is 10.8. The van der Waals surface area contributed by atoms with Crippen LogP contribution in [-0.4, -0.2) is 47.4 Å². The van der Waals surface area contributed by atoms with Crippen LogP contribution in [0.1, 0.15) is 12.8 Å². The molecule has 1 saturated heterocycles. The third kappa shape index (κ3) is 3.20. The Kier molecular flexibility index (Phi) is 4.31. The summed E-state index contributed by atoms with van der Waals surface area (Å²) in [5.74, 6) is 0.945. The summed E-state index contributed by atoms with van der Waals surface area (Å²) >= 11 is 5.91. The average molecular weight is 287 g/mol. The van der Waals surface area contributed by atoms with E-state index in [1.54, 1.807) is 12.3 Å². The normalized spacial score (nSPS) is 16.2. The zero-order valence-electron chi connectivity index (χ0n) is 10.5. The van der Waals surface area contributed by atoms with E-state index in [4.69, 9.17) is 26.2 Å². The van der Waals surface area contributed by atoms with Crippen molar-refractivity contribution in [3.8, 4) is 11.5 Å². The molecule has 0 unspecified atom stereocenters. The molecule has 104 valence electrons. The summed E-state index contributed by atoms with van der Waals surface area (Å²) in [5.41, 5.74) is 0. The highest BCUT2D eigenvalue weighted by Crippen LogP contribution is 2.34. The molecule has 2 rings (SSSR count). The standard InChI is InChI=1S/C12H15ClN2O4/c1-18-10-9(2-5-14-11(10)13)19-8-3-6-15(7-4-8)12(16)17/h2,5,8H,3-4,6-7H2,1H3,(H,16,17). The number of rotatable bonds is 3. The van der Waals surface area contributed by atoms with Gasteiger partial charge in [-0.05, 0) is 0 Å². The molecular weight excluding hydrogens is 272 g/mol. The van der Waals surface area contributed by atoms with Crippen LogP contribution in [0.4, 0.5) is 4.79 Å². The molecule has 0 radical (unpaired) electrons. The SMILES string of the molecule is COc1c(OC2CCN(C(=O)O)CC2)ccnc1Cl. The van der Waals surface area contributed by atoms with Crippen LogP contribution in [0, 0.1) is 0 Å². The molecule has 0 aromatic carbocycles. The number of hydrogen-bond acceptors (Lipinski definition) is 4. The number of piperidine rings is 1. The molecule has 19 heavy (non-hydrogen) atoms. The first-order valence-electron chi connectivity index (χ1n) is 5.95. The zero-order chi connectivity index (χ0) is 13.8. The maximum Gasteiger partial charge on any atom is 0.407 e. The molecule has 1 aliphatic heterocycles. The minimum Gasteiger partial charge on any atom is -0.490 e. The van der Waals surface area contributed by atoms with Crippen molar-refractivity contribution in [3.63, 3.8) is 0 Å². The summed E-state index contributed by atoms with van der Waals surface area (Å²) < 4.78 is 11.0. The number of hydrogen-bond donors (Lipinski definition) is 1. The van der Waals surface area contributed by atoms with Crippen molar-refractivity contribution in [1.82, 2.24) is 9.88 Å². The van der Waals surface area contributed by atoms with Crippen molar-refractivity contribution in [2.24, 2.45) is 0 Å². The summed E-state index contributed by atoms with van der Waals surface area (Å²) in [6.07, 6.45) is 1.92. The predicted molar refractivity (Wildman–Crippen MR) is 69.0 cm³/mol. The number of methoxy groups -OCH3 is 1. The summed E-state index contributed by atoms with van der Waals surface area (Å²) in [7, 11) is 1.50. The first-order chi connectivity index (χ1) is 9.11. The van der Waals surface area contributed by atoms with Crippen molar-refractivity contribution in [2.75, 3.05) is 20.2 Å². The van der Waals surface area contributed by atoms with E-state index >= 15 is 0 Å². The highest BCUT2D eigenvalue weighted by Gasteiger charge is 2.24. The number of halogens is 1. The van der Waals surface area contributed by atoms with E-state index in [0.29, 0.717) is 37.4 Å². The Hall–Kier alpha value is -1.69. The van der Waals surface area contributed by atoms with Gasteiger partial charge in [0.05, 0.1) is 7.11 Å². The average Bonchev–Trinajstić information content (AvgIpc) is 2.39. The molecule has 1 fully saturated rings. The third-order valence-corrected chi connectivity index (χ3v) is 3.30. The van der Waals surface area contributed by atoms with Gasteiger partial charge in [-0.1, -0.05) is 11.6 Å². The van der Waals surface area contributed by atoms with Gasteiger partial charge in [0, 0.05) is 38.2 Å². The number of pyridine rings is 1. The second-order valence-electron chi connectivity index (χ2n) is 4.22. The minimum atomic E-state index is -0.886. The molecule has 1 aromatic heterocycles. The Labute approximate surface area is 115 Å².